The van der Waals surface area contributed by atoms with Crippen LogP contribution in [0.2, 0.25) is 19.6 Å². The molecule has 0 aromatic heterocycles. The molecule has 1 atom stereocenters. The highest BCUT2D eigenvalue weighted by molar-refractivity contribution is 6.69. The van der Waals surface area contributed by atoms with Crippen molar-refractivity contribution >= 4 is 8.32 Å². The van der Waals surface area contributed by atoms with E-state index >= 15 is 0 Å². The maximum Gasteiger partial charge on any atom is 0.241 e. The smallest absolute Gasteiger partial charge is 0.241 e. The molecule has 0 N–H and O–H groups in total. The van der Waals surface area contributed by atoms with E-state index in [1.807, 2.05) is 6.26 Å². The summed E-state index contributed by atoms with van der Waals surface area (Å²) in [7, 11) is -1.38. The number of hydrogen-bond donors (Lipinski definition) is 0. The van der Waals surface area contributed by atoms with Gasteiger partial charge in [-0.25, -0.2) is 0 Å². The van der Waals surface area contributed by atoms with Crippen LogP contribution in [0.25, 0.3) is 0 Å². The van der Waals surface area contributed by atoms with Gasteiger partial charge in [-0.05, 0) is 50.4 Å². The molecule has 14 heavy (non-hydrogen) atoms. The Balaban J connectivity index is 2.46. The van der Waals surface area contributed by atoms with E-state index in [1.165, 1.54) is 12.8 Å². The van der Waals surface area contributed by atoms with Crippen LogP contribution < -0.4 is 0 Å². The summed E-state index contributed by atoms with van der Waals surface area (Å²) in [6.07, 6.45) is 12.3. The monoisotopic (exact) mass is 210 g/mol. The van der Waals surface area contributed by atoms with Crippen molar-refractivity contribution in [1.29, 1.82) is 0 Å². The predicted octanol–water partition coefficient (Wildman–Crippen LogP) is 4.10. The lowest BCUT2D eigenvalue weighted by Crippen LogP contribution is -2.23. The minimum absolute atomic E-state index is 0.328. The lowest BCUT2D eigenvalue weighted by Gasteiger charge is -2.27. The third kappa shape index (κ3) is 4.14. The molecular formula is C12H22OSi. The first kappa shape index (κ1) is 11.6. The van der Waals surface area contributed by atoms with Crippen LogP contribution in [0.5, 0.6) is 0 Å². The fourth-order valence-corrected chi connectivity index (χ4v) is 2.02. The van der Waals surface area contributed by atoms with Crippen molar-refractivity contribution in [2.75, 3.05) is 0 Å². The summed E-state index contributed by atoms with van der Waals surface area (Å²) in [5, 5.41) is 0. The van der Waals surface area contributed by atoms with Gasteiger partial charge in [0.1, 0.15) is 0 Å². The van der Waals surface area contributed by atoms with Gasteiger partial charge in [-0.15, -0.1) is 0 Å². The van der Waals surface area contributed by atoms with Crippen LogP contribution in [0.3, 0.4) is 0 Å². The minimum Gasteiger partial charge on any atom is -0.550 e. The van der Waals surface area contributed by atoms with E-state index in [2.05, 4.69) is 44.8 Å². The van der Waals surface area contributed by atoms with E-state index in [9.17, 15) is 0 Å². The molecule has 1 aliphatic carbocycles. The van der Waals surface area contributed by atoms with Gasteiger partial charge in [-0.1, -0.05) is 19.1 Å². The van der Waals surface area contributed by atoms with Crippen LogP contribution in [-0.2, 0) is 4.43 Å². The molecule has 0 fully saturated rings. The second kappa shape index (κ2) is 4.35. The molecule has 0 saturated carbocycles. The van der Waals surface area contributed by atoms with Crippen LogP contribution >= 0.6 is 0 Å². The highest BCUT2D eigenvalue weighted by Gasteiger charge is 2.21. The Labute approximate surface area is 89.0 Å². The van der Waals surface area contributed by atoms with Crippen molar-refractivity contribution in [2.24, 2.45) is 5.41 Å². The van der Waals surface area contributed by atoms with Crippen molar-refractivity contribution in [3.05, 3.63) is 24.5 Å². The SMILES string of the molecule is C[C@@]1(/C=C/O[Si](C)(C)C)CC=CCC1. The van der Waals surface area contributed by atoms with Gasteiger partial charge in [-0.2, -0.15) is 0 Å². The molecule has 1 nitrogen and oxygen atoms in total. The molecule has 0 aliphatic heterocycles. The van der Waals surface area contributed by atoms with Gasteiger partial charge in [0.05, 0.1) is 6.26 Å². The largest absolute Gasteiger partial charge is 0.550 e. The molecule has 0 heterocycles. The standard InChI is InChI=1S/C12H22OSi/c1-12(8-6-5-7-9-12)10-11-13-14(2,3)4/h5-6,10-11H,7-9H2,1-4H3/b11-10+/t12-/m1/s1. The average Bonchev–Trinajstić information content (AvgIpc) is 2.02. The highest BCUT2D eigenvalue weighted by Crippen LogP contribution is 2.33. The molecule has 0 amide bonds. The summed E-state index contributed by atoms with van der Waals surface area (Å²) in [5.74, 6) is 0. The van der Waals surface area contributed by atoms with Crippen LogP contribution in [-0.4, -0.2) is 8.32 Å². The molecule has 0 bridgehead atoms. The summed E-state index contributed by atoms with van der Waals surface area (Å²) >= 11 is 0. The average molecular weight is 210 g/mol. The molecular weight excluding hydrogens is 188 g/mol. The fourth-order valence-electron chi connectivity index (χ4n) is 1.54. The summed E-state index contributed by atoms with van der Waals surface area (Å²) < 4.78 is 5.73. The van der Waals surface area contributed by atoms with Gasteiger partial charge in [-0.3, -0.25) is 0 Å². The molecule has 0 aromatic carbocycles. The van der Waals surface area contributed by atoms with Crippen molar-refractivity contribution < 1.29 is 4.43 Å². The first-order valence-electron chi connectivity index (χ1n) is 5.42. The minimum atomic E-state index is -1.38. The molecule has 1 aliphatic rings. The Kier molecular flexibility index (Phi) is 3.59. The highest BCUT2D eigenvalue weighted by atomic mass is 28.4. The van der Waals surface area contributed by atoms with E-state index in [4.69, 9.17) is 4.43 Å². The van der Waals surface area contributed by atoms with Gasteiger partial charge >= 0.3 is 0 Å². The van der Waals surface area contributed by atoms with Crippen LogP contribution in [0.1, 0.15) is 26.2 Å². The number of rotatable bonds is 3. The molecule has 2 heteroatoms. The van der Waals surface area contributed by atoms with Crippen LogP contribution in [0.4, 0.5) is 0 Å². The topological polar surface area (TPSA) is 9.23 Å². The number of allylic oxidation sites excluding steroid dienone is 3. The summed E-state index contributed by atoms with van der Waals surface area (Å²) in [4.78, 5) is 0. The van der Waals surface area contributed by atoms with E-state index in [0.29, 0.717) is 5.41 Å². The first-order chi connectivity index (χ1) is 6.41. The van der Waals surface area contributed by atoms with Gasteiger partial charge in [0.15, 0.2) is 0 Å². The normalized spacial score (nSPS) is 28.3. The van der Waals surface area contributed by atoms with Crippen LogP contribution in [0, 0.1) is 5.41 Å². The number of hydrogen-bond acceptors (Lipinski definition) is 1. The van der Waals surface area contributed by atoms with E-state index < -0.39 is 8.32 Å². The van der Waals surface area contributed by atoms with E-state index in [1.54, 1.807) is 0 Å². The van der Waals surface area contributed by atoms with E-state index in [-0.39, 0.29) is 0 Å². The van der Waals surface area contributed by atoms with Gasteiger partial charge in [0, 0.05) is 0 Å². The van der Waals surface area contributed by atoms with Crippen molar-refractivity contribution in [1.82, 2.24) is 0 Å². The molecule has 0 unspecified atom stereocenters. The lowest BCUT2D eigenvalue weighted by atomic mass is 9.79. The van der Waals surface area contributed by atoms with E-state index in [0.717, 1.165) is 6.42 Å². The molecule has 1 rings (SSSR count). The second-order valence-electron chi connectivity index (χ2n) is 5.40. The van der Waals surface area contributed by atoms with Crippen molar-refractivity contribution in [3.63, 3.8) is 0 Å². The Bertz CT molecular complexity index is 237. The zero-order chi connectivity index (χ0) is 10.7. The van der Waals surface area contributed by atoms with Gasteiger partial charge in [0.25, 0.3) is 0 Å². The van der Waals surface area contributed by atoms with Crippen LogP contribution in [0.15, 0.2) is 24.5 Å². The van der Waals surface area contributed by atoms with Crippen molar-refractivity contribution in [3.8, 4) is 0 Å². The summed E-state index contributed by atoms with van der Waals surface area (Å²) in [6.45, 7) is 8.93. The zero-order valence-electron chi connectivity index (χ0n) is 9.84. The Hall–Kier alpha value is -0.503. The van der Waals surface area contributed by atoms with Crippen molar-refractivity contribution in [2.45, 2.75) is 45.8 Å². The maximum absolute atomic E-state index is 5.73. The summed E-state index contributed by atoms with van der Waals surface area (Å²) in [5.41, 5.74) is 0.328. The molecule has 0 radical (unpaired) electrons. The molecule has 0 spiro atoms. The Morgan fingerprint density at radius 3 is 2.50 bits per heavy atom. The molecule has 0 saturated heterocycles. The fraction of sp³-hybridized carbons (Fsp3) is 0.667. The molecule has 0 aromatic rings. The Morgan fingerprint density at radius 2 is 2.00 bits per heavy atom. The third-order valence-electron chi connectivity index (χ3n) is 2.52. The zero-order valence-corrected chi connectivity index (χ0v) is 10.8. The molecule has 80 valence electrons. The third-order valence-corrected chi connectivity index (χ3v) is 3.37. The lowest BCUT2D eigenvalue weighted by molar-refractivity contribution is 0.370. The first-order valence-corrected chi connectivity index (χ1v) is 8.83. The summed E-state index contributed by atoms with van der Waals surface area (Å²) in [6, 6.07) is 0. The van der Waals surface area contributed by atoms with Gasteiger partial charge < -0.3 is 4.43 Å². The quantitative estimate of drug-likeness (QED) is 0.387. The Morgan fingerprint density at radius 1 is 1.29 bits per heavy atom. The predicted molar refractivity (Wildman–Crippen MR) is 64.7 cm³/mol. The maximum atomic E-state index is 5.73. The van der Waals surface area contributed by atoms with Gasteiger partial charge in [0.2, 0.25) is 8.32 Å². The second-order valence-corrected chi connectivity index (χ2v) is 9.86.